The standard InChI is InChI=1S/C17H24N2O3S/c1-13-3-5-15(6-4-13)19-9-7-16(17(19)20)18(2)11-14-8-10-23(21,22)12-14/h3-6,14,16H,7-12H2,1-2H3/t14-,16+/m0/s1. The number of benzene rings is 1. The molecule has 2 heterocycles. The van der Waals surface area contributed by atoms with Gasteiger partial charge in [0.05, 0.1) is 17.5 Å². The number of aryl methyl sites for hydroxylation is 1. The maximum absolute atomic E-state index is 12.7. The molecule has 3 rings (SSSR count). The van der Waals surface area contributed by atoms with Crippen LogP contribution in [0, 0.1) is 12.8 Å². The molecule has 0 unspecified atom stereocenters. The Morgan fingerprint density at radius 1 is 1.22 bits per heavy atom. The third kappa shape index (κ3) is 3.58. The van der Waals surface area contributed by atoms with Crippen LogP contribution in [-0.4, -0.2) is 56.9 Å². The molecule has 6 heteroatoms. The summed E-state index contributed by atoms with van der Waals surface area (Å²) in [6.45, 7) is 3.43. The molecule has 2 fully saturated rings. The Hall–Kier alpha value is -1.40. The van der Waals surface area contributed by atoms with Crippen LogP contribution in [0.3, 0.4) is 0 Å². The second kappa shape index (κ2) is 6.24. The van der Waals surface area contributed by atoms with Crippen LogP contribution >= 0.6 is 0 Å². The number of rotatable bonds is 4. The van der Waals surface area contributed by atoms with Crippen LogP contribution in [0.4, 0.5) is 5.69 Å². The van der Waals surface area contributed by atoms with E-state index in [0.29, 0.717) is 12.3 Å². The Labute approximate surface area is 138 Å². The number of likely N-dealkylation sites (N-methyl/N-ethyl adjacent to an activating group) is 1. The highest BCUT2D eigenvalue weighted by atomic mass is 32.2. The molecule has 0 radical (unpaired) electrons. The predicted octanol–water partition coefficient (Wildman–Crippen LogP) is 1.47. The summed E-state index contributed by atoms with van der Waals surface area (Å²) < 4.78 is 23.2. The Balaban J connectivity index is 1.63. The minimum Gasteiger partial charge on any atom is -0.311 e. The molecule has 0 spiro atoms. The zero-order valence-electron chi connectivity index (χ0n) is 13.7. The van der Waals surface area contributed by atoms with Gasteiger partial charge in [0.1, 0.15) is 0 Å². The van der Waals surface area contributed by atoms with Crippen molar-refractivity contribution in [2.45, 2.75) is 25.8 Å². The van der Waals surface area contributed by atoms with Crippen LogP contribution < -0.4 is 4.90 Å². The topological polar surface area (TPSA) is 57.7 Å². The Morgan fingerprint density at radius 3 is 2.52 bits per heavy atom. The van der Waals surface area contributed by atoms with E-state index in [9.17, 15) is 13.2 Å². The Bertz CT molecular complexity index is 684. The summed E-state index contributed by atoms with van der Waals surface area (Å²) in [6, 6.07) is 7.87. The molecule has 2 atom stereocenters. The summed E-state index contributed by atoms with van der Waals surface area (Å²) in [7, 11) is -0.921. The fourth-order valence-electron chi connectivity index (χ4n) is 3.61. The minimum atomic E-state index is -2.86. The normalized spacial score (nSPS) is 27.1. The third-order valence-electron chi connectivity index (χ3n) is 4.93. The second-order valence-corrected chi connectivity index (χ2v) is 9.07. The van der Waals surface area contributed by atoms with Gasteiger partial charge in [-0.3, -0.25) is 9.69 Å². The predicted molar refractivity (Wildman–Crippen MR) is 91.3 cm³/mol. The second-order valence-electron chi connectivity index (χ2n) is 6.84. The molecule has 0 saturated carbocycles. The zero-order valence-corrected chi connectivity index (χ0v) is 14.6. The highest BCUT2D eigenvalue weighted by Gasteiger charge is 2.37. The van der Waals surface area contributed by atoms with Crippen LogP contribution in [0.15, 0.2) is 24.3 Å². The maximum Gasteiger partial charge on any atom is 0.244 e. The van der Waals surface area contributed by atoms with Gasteiger partial charge in [0.2, 0.25) is 5.91 Å². The molecule has 0 aliphatic carbocycles. The Morgan fingerprint density at radius 2 is 1.91 bits per heavy atom. The van der Waals surface area contributed by atoms with E-state index >= 15 is 0 Å². The van der Waals surface area contributed by atoms with E-state index in [2.05, 4.69) is 0 Å². The smallest absolute Gasteiger partial charge is 0.244 e. The van der Waals surface area contributed by atoms with Crippen molar-refractivity contribution in [2.75, 3.05) is 36.5 Å². The molecule has 1 aromatic rings. The lowest BCUT2D eigenvalue weighted by Crippen LogP contribution is -2.42. The van der Waals surface area contributed by atoms with Gasteiger partial charge in [0.15, 0.2) is 9.84 Å². The number of hydrogen-bond donors (Lipinski definition) is 0. The molecular weight excluding hydrogens is 312 g/mol. The van der Waals surface area contributed by atoms with Crippen LogP contribution in [-0.2, 0) is 14.6 Å². The lowest BCUT2D eigenvalue weighted by molar-refractivity contribution is -0.121. The summed E-state index contributed by atoms with van der Waals surface area (Å²) >= 11 is 0. The molecule has 2 aliphatic rings. The first-order valence-corrected chi connectivity index (χ1v) is 9.96. The quantitative estimate of drug-likeness (QED) is 0.835. The van der Waals surface area contributed by atoms with Gasteiger partial charge in [0.25, 0.3) is 0 Å². The van der Waals surface area contributed by atoms with Crippen molar-refractivity contribution < 1.29 is 13.2 Å². The molecule has 0 N–H and O–H groups in total. The molecule has 2 saturated heterocycles. The number of carbonyl (C=O) groups excluding carboxylic acids is 1. The summed E-state index contributed by atoms with van der Waals surface area (Å²) in [6.07, 6.45) is 1.51. The fourth-order valence-corrected chi connectivity index (χ4v) is 5.45. The van der Waals surface area contributed by atoms with Gasteiger partial charge in [-0.1, -0.05) is 17.7 Å². The van der Waals surface area contributed by atoms with Crippen LogP contribution in [0.5, 0.6) is 0 Å². The summed E-state index contributed by atoms with van der Waals surface area (Å²) in [5.41, 5.74) is 2.12. The monoisotopic (exact) mass is 336 g/mol. The van der Waals surface area contributed by atoms with Crippen molar-refractivity contribution in [2.24, 2.45) is 5.92 Å². The van der Waals surface area contributed by atoms with Gasteiger partial charge in [-0.05, 0) is 44.9 Å². The van der Waals surface area contributed by atoms with Crippen molar-refractivity contribution in [3.63, 3.8) is 0 Å². The van der Waals surface area contributed by atoms with E-state index in [1.165, 1.54) is 5.56 Å². The molecule has 5 nitrogen and oxygen atoms in total. The first kappa shape index (κ1) is 16.5. The molecule has 1 aromatic carbocycles. The number of sulfone groups is 1. The highest BCUT2D eigenvalue weighted by Crippen LogP contribution is 2.26. The maximum atomic E-state index is 12.7. The SMILES string of the molecule is Cc1ccc(N2CC[C@@H](N(C)C[C@@H]3CCS(=O)(=O)C3)C2=O)cc1. The van der Waals surface area contributed by atoms with E-state index in [4.69, 9.17) is 0 Å². The minimum absolute atomic E-state index is 0.122. The van der Waals surface area contributed by atoms with Crippen LogP contribution in [0.25, 0.3) is 0 Å². The van der Waals surface area contributed by atoms with Gasteiger partial charge in [-0.15, -0.1) is 0 Å². The fraction of sp³-hybridized carbons (Fsp3) is 0.588. The van der Waals surface area contributed by atoms with E-state index in [-0.39, 0.29) is 23.6 Å². The number of carbonyl (C=O) groups is 1. The van der Waals surface area contributed by atoms with E-state index < -0.39 is 9.84 Å². The highest BCUT2D eigenvalue weighted by molar-refractivity contribution is 7.91. The zero-order chi connectivity index (χ0) is 16.6. The summed E-state index contributed by atoms with van der Waals surface area (Å²) in [4.78, 5) is 16.6. The average molecular weight is 336 g/mol. The number of hydrogen-bond acceptors (Lipinski definition) is 4. The van der Waals surface area contributed by atoms with Gasteiger partial charge in [-0.25, -0.2) is 8.42 Å². The summed E-state index contributed by atoms with van der Waals surface area (Å²) in [5, 5.41) is 0. The summed E-state index contributed by atoms with van der Waals surface area (Å²) in [5.74, 6) is 0.836. The van der Waals surface area contributed by atoms with E-state index in [1.54, 1.807) is 0 Å². The van der Waals surface area contributed by atoms with Crippen LogP contribution in [0.1, 0.15) is 18.4 Å². The van der Waals surface area contributed by atoms with Crippen molar-refractivity contribution >= 4 is 21.4 Å². The van der Waals surface area contributed by atoms with Crippen LogP contribution in [0.2, 0.25) is 0 Å². The van der Waals surface area contributed by atoms with E-state index in [1.807, 2.05) is 48.0 Å². The number of amides is 1. The van der Waals surface area contributed by atoms with Crippen molar-refractivity contribution in [1.29, 1.82) is 0 Å². The van der Waals surface area contributed by atoms with E-state index in [0.717, 1.165) is 25.1 Å². The van der Waals surface area contributed by atoms with Gasteiger partial charge >= 0.3 is 0 Å². The number of anilines is 1. The van der Waals surface area contributed by atoms with Gasteiger partial charge in [0, 0.05) is 18.8 Å². The first-order chi connectivity index (χ1) is 10.9. The lowest BCUT2D eigenvalue weighted by atomic mass is 10.1. The van der Waals surface area contributed by atoms with Crippen molar-refractivity contribution in [1.82, 2.24) is 4.90 Å². The van der Waals surface area contributed by atoms with Gasteiger partial charge < -0.3 is 4.90 Å². The molecule has 0 bridgehead atoms. The molecule has 1 amide bonds. The molecule has 2 aliphatic heterocycles. The Kier molecular flexibility index (Phi) is 4.47. The molecule has 126 valence electrons. The number of nitrogens with zero attached hydrogens (tertiary/aromatic N) is 2. The van der Waals surface area contributed by atoms with Crippen molar-refractivity contribution in [3.8, 4) is 0 Å². The lowest BCUT2D eigenvalue weighted by Gasteiger charge is -2.26. The largest absolute Gasteiger partial charge is 0.311 e. The average Bonchev–Trinajstić information content (AvgIpc) is 3.02. The first-order valence-electron chi connectivity index (χ1n) is 8.14. The van der Waals surface area contributed by atoms with Crippen molar-refractivity contribution in [3.05, 3.63) is 29.8 Å². The molecular formula is C17H24N2O3S. The molecule has 23 heavy (non-hydrogen) atoms. The molecule has 0 aromatic heterocycles. The van der Waals surface area contributed by atoms with Gasteiger partial charge in [-0.2, -0.15) is 0 Å². The third-order valence-corrected chi connectivity index (χ3v) is 6.76.